The molecule has 1 amide bonds. The molecule has 9 nitrogen and oxygen atoms in total. The van der Waals surface area contributed by atoms with Crippen LogP contribution in [-0.4, -0.2) is 35.4 Å². The Morgan fingerprint density at radius 3 is 2.55 bits per heavy atom. The van der Waals surface area contributed by atoms with E-state index in [9.17, 15) is 4.79 Å². The molecule has 1 aliphatic rings. The third-order valence-electron chi connectivity index (χ3n) is 5.36. The second-order valence-electron chi connectivity index (χ2n) is 7.97. The first-order chi connectivity index (χ1) is 14.9. The standard InChI is InChI=1S/C22H22N8O/c1-11-6-14(7-12(2)26-11)27-22-20(21(23)31)28-19(17(29-22)13-4-5-13)15-8-24-9-16-18(15)25-10-30(16)3/h6-10,13H,4-5H2,1-3H3,(H2,23,31)(H,26,27,29). The third-order valence-corrected chi connectivity index (χ3v) is 5.36. The summed E-state index contributed by atoms with van der Waals surface area (Å²) in [4.78, 5) is 35.1. The number of fused-ring (bicyclic) bond motifs is 1. The van der Waals surface area contributed by atoms with Crippen LogP contribution in [0.1, 0.15) is 46.3 Å². The van der Waals surface area contributed by atoms with Gasteiger partial charge in [-0.1, -0.05) is 0 Å². The van der Waals surface area contributed by atoms with Gasteiger partial charge in [0.05, 0.1) is 29.4 Å². The lowest BCUT2D eigenvalue weighted by Gasteiger charge is -2.15. The van der Waals surface area contributed by atoms with E-state index in [0.717, 1.165) is 52.2 Å². The summed E-state index contributed by atoms with van der Waals surface area (Å²) < 4.78 is 1.90. The summed E-state index contributed by atoms with van der Waals surface area (Å²) in [5.41, 5.74) is 12.1. The highest BCUT2D eigenvalue weighted by Crippen LogP contribution is 2.44. The van der Waals surface area contributed by atoms with Crippen molar-refractivity contribution in [1.29, 1.82) is 0 Å². The minimum atomic E-state index is -0.651. The van der Waals surface area contributed by atoms with Crippen LogP contribution in [0.4, 0.5) is 11.5 Å². The van der Waals surface area contributed by atoms with E-state index < -0.39 is 5.91 Å². The molecule has 4 heterocycles. The number of primary amides is 1. The van der Waals surface area contributed by atoms with Crippen molar-refractivity contribution >= 4 is 28.4 Å². The second-order valence-corrected chi connectivity index (χ2v) is 7.97. The lowest BCUT2D eigenvalue weighted by molar-refractivity contribution is 0.0996. The molecule has 4 aromatic heterocycles. The number of rotatable bonds is 5. The maximum Gasteiger partial charge on any atom is 0.271 e. The zero-order chi connectivity index (χ0) is 21.7. The average Bonchev–Trinajstić information content (AvgIpc) is 3.49. The molecule has 0 saturated heterocycles. The SMILES string of the molecule is Cc1cc(Nc2nc(C3CC3)c(-c3cncc4c3ncn4C)nc2C(N)=O)cc(C)n1. The summed E-state index contributed by atoms with van der Waals surface area (Å²) in [7, 11) is 1.91. The molecular weight excluding hydrogens is 392 g/mol. The van der Waals surface area contributed by atoms with Crippen molar-refractivity contribution in [2.24, 2.45) is 12.8 Å². The Hall–Kier alpha value is -3.88. The van der Waals surface area contributed by atoms with E-state index in [2.05, 4.69) is 20.3 Å². The Labute approximate surface area is 178 Å². The Bertz CT molecular complexity index is 1320. The number of hydrogen-bond acceptors (Lipinski definition) is 7. The fourth-order valence-corrected chi connectivity index (χ4v) is 3.81. The summed E-state index contributed by atoms with van der Waals surface area (Å²) in [6, 6.07) is 3.78. The number of nitrogens with two attached hydrogens (primary N) is 1. The van der Waals surface area contributed by atoms with Crippen molar-refractivity contribution < 1.29 is 4.79 Å². The Balaban J connectivity index is 1.70. The molecule has 0 radical (unpaired) electrons. The van der Waals surface area contributed by atoms with Gasteiger partial charge in [-0.25, -0.2) is 15.0 Å². The van der Waals surface area contributed by atoms with E-state index in [1.165, 1.54) is 0 Å². The predicted molar refractivity (Wildman–Crippen MR) is 117 cm³/mol. The van der Waals surface area contributed by atoms with E-state index >= 15 is 0 Å². The highest BCUT2D eigenvalue weighted by atomic mass is 16.1. The largest absolute Gasteiger partial charge is 0.364 e. The molecule has 4 aromatic rings. The summed E-state index contributed by atoms with van der Waals surface area (Å²) in [6.07, 6.45) is 7.26. The lowest BCUT2D eigenvalue weighted by atomic mass is 10.1. The molecule has 31 heavy (non-hydrogen) atoms. The van der Waals surface area contributed by atoms with E-state index in [1.807, 2.05) is 37.6 Å². The van der Waals surface area contributed by atoms with Gasteiger partial charge in [-0.05, 0) is 38.8 Å². The van der Waals surface area contributed by atoms with Crippen molar-refractivity contribution in [3.63, 3.8) is 0 Å². The molecule has 9 heteroatoms. The summed E-state index contributed by atoms with van der Waals surface area (Å²) in [6.45, 7) is 3.83. The topological polar surface area (TPSA) is 125 Å². The van der Waals surface area contributed by atoms with Gasteiger partial charge >= 0.3 is 0 Å². The minimum absolute atomic E-state index is 0.0828. The predicted octanol–water partition coefficient (Wildman–Crippen LogP) is 3.16. The molecule has 0 spiro atoms. The maximum atomic E-state index is 12.3. The molecule has 156 valence electrons. The summed E-state index contributed by atoms with van der Waals surface area (Å²) in [5, 5.41) is 3.23. The molecule has 0 bridgehead atoms. The van der Waals surface area contributed by atoms with Crippen molar-refractivity contribution in [1.82, 2.24) is 29.5 Å². The van der Waals surface area contributed by atoms with Crippen molar-refractivity contribution in [2.75, 3.05) is 5.32 Å². The first-order valence-corrected chi connectivity index (χ1v) is 10.1. The molecule has 0 aromatic carbocycles. The number of aryl methyl sites for hydroxylation is 3. The monoisotopic (exact) mass is 414 g/mol. The fraction of sp³-hybridized carbons (Fsp3) is 0.273. The van der Waals surface area contributed by atoms with Crippen LogP contribution in [0, 0.1) is 13.8 Å². The number of anilines is 2. The van der Waals surface area contributed by atoms with Crippen molar-refractivity contribution in [3.05, 3.63) is 53.6 Å². The van der Waals surface area contributed by atoms with Gasteiger partial charge in [-0.15, -0.1) is 0 Å². The number of imidazole rings is 1. The van der Waals surface area contributed by atoms with Gasteiger partial charge in [0.25, 0.3) is 5.91 Å². The Kier molecular flexibility index (Phi) is 4.39. The average molecular weight is 414 g/mol. The van der Waals surface area contributed by atoms with Crippen LogP contribution in [0.3, 0.4) is 0 Å². The van der Waals surface area contributed by atoms with Gasteiger partial charge in [-0.3, -0.25) is 14.8 Å². The van der Waals surface area contributed by atoms with Crippen molar-refractivity contribution in [3.8, 4) is 11.3 Å². The zero-order valence-corrected chi connectivity index (χ0v) is 17.5. The molecule has 0 unspecified atom stereocenters. The van der Waals surface area contributed by atoms with E-state index in [-0.39, 0.29) is 11.6 Å². The number of carbonyl (C=O) groups excluding carboxylic acids is 1. The molecule has 0 aliphatic heterocycles. The maximum absolute atomic E-state index is 12.3. The van der Waals surface area contributed by atoms with Gasteiger partial charge in [0.2, 0.25) is 0 Å². The van der Waals surface area contributed by atoms with Crippen LogP contribution in [-0.2, 0) is 7.05 Å². The first kappa shape index (κ1) is 19.1. The number of nitrogens with one attached hydrogen (secondary N) is 1. The van der Waals surface area contributed by atoms with Crippen LogP contribution in [0.5, 0.6) is 0 Å². The number of hydrogen-bond donors (Lipinski definition) is 2. The van der Waals surface area contributed by atoms with Crippen LogP contribution in [0.15, 0.2) is 30.9 Å². The lowest BCUT2D eigenvalue weighted by Crippen LogP contribution is -2.18. The second kappa shape index (κ2) is 7.12. The number of nitrogens with zero attached hydrogens (tertiary/aromatic N) is 6. The van der Waals surface area contributed by atoms with Gasteiger partial charge in [-0.2, -0.15) is 0 Å². The molecule has 1 saturated carbocycles. The molecule has 0 atom stereocenters. The Morgan fingerprint density at radius 2 is 1.87 bits per heavy atom. The molecular formula is C22H22N8O. The number of carbonyl (C=O) groups is 1. The van der Waals surface area contributed by atoms with Crippen LogP contribution < -0.4 is 11.1 Å². The zero-order valence-electron chi connectivity index (χ0n) is 17.5. The number of pyridine rings is 2. The van der Waals surface area contributed by atoms with Crippen LogP contribution in [0.25, 0.3) is 22.3 Å². The summed E-state index contributed by atoms with van der Waals surface area (Å²) in [5.74, 6) is -0.0172. The number of aromatic nitrogens is 6. The molecule has 3 N–H and O–H groups in total. The van der Waals surface area contributed by atoms with Crippen LogP contribution in [0.2, 0.25) is 0 Å². The fourth-order valence-electron chi connectivity index (χ4n) is 3.81. The number of amides is 1. The highest BCUT2D eigenvalue weighted by Gasteiger charge is 2.32. The van der Waals surface area contributed by atoms with Gasteiger partial charge in [0.15, 0.2) is 11.5 Å². The first-order valence-electron chi connectivity index (χ1n) is 10.1. The van der Waals surface area contributed by atoms with Gasteiger partial charge < -0.3 is 15.6 Å². The third kappa shape index (κ3) is 3.48. The molecule has 5 rings (SSSR count). The Morgan fingerprint density at radius 1 is 1.13 bits per heavy atom. The quantitative estimate of drug-likeness (QED) is 0.514. The molecule has 1 fully saturated rings. The highest BCUT2D eigenvalue weighted by molar-refractivity contribution is 5.98. The summed E-state index contributed by atoms with van der Waals surface area (Å²) >= 11 is 0. The van der Waals surface area contributed by atoms with E-state index in [0.29, 0.717) is 11.5 Å². The van der Waals surface area contributed by atoms with Crippen LogP contribution >= 0.6 is 0 Å². The van der Waals surface area contributed by atoms with Crippen molar-refractivity contribution in [2.45, 2.75) is 32.6 Å². The molecule has 1 aliphatic carbocycles. The normalized spacial score (nSPS) is 13.5. The van der Waals surface area contributed by atoms with Gasteiger partial charge in [0, 0.05) is 41.8 Å². The van der Waals surface area contributed by atoms with Gasteiger partial charge in [0.1, 0.15) is 5.52 Å². The minimum Gasteiger partial charge on any atom is -0.364 e. The van der Waals surface area contributed by atoms with E-state index in [4.69, 9.17) is 15.7 Å². The van der Waals surface area contributed by atoms with E-state index in [1.54, 1.807) is 18.7 Å². The smallest absolute Gasteiger partial charge is 0.271 e.